The first kappa shape index (κ1) is 19.0. The van der Waals surface area contributed by atoms with Gasteiger partial charge >= 0.3 is 0 Å². The number of rotatable bonds is 3. The van der Waals surface area contributed by atoms with Crippen molar-refractivity contribution in [1.82, 2.24) is 9.66 Å². The normalized spacial score (nSPS) is 19.4. The molecule has 152 valence electrons. The molecule has 1 saturated carbocycles. The molecule has 0 atom stereocenters. The van der Waals surface area contributed by atoms with Crippen molar-refractivity contribution in [2.75, 3.05) is 5.43 Å². The van der Waals surface area contributed by atoms with Crippen LogP contribution in [0.3, 0.4) is 0 Å². The molecule has 0 unspecified atom stereocenters. The summed E-state index contributed by atoms with van der Waals surface area (Å²) in [5.41, 5.74) is 6.65. The monoisotopic (exact) mass is 417 g/mol. The van der Waals surface area contributed by atoms with E-state index in [0.717, 1.165) is 53.5 Å². The van der Waals surface area contributed by atoms with Gasteiger partial charge in [0, 0.05) is 22.2 Å². The summed E-state index contributed by atoms with van der Waals surface area (Å²) in [6.07, 6.45) is 11.9. The summed E-state index contributed by atoms with van der Waals surface area (Å²) < 4.78 is 1.40. The van der Waals surface area contributed by atoms with Crippen molar-refractivity contribution in [2.24, 2.45) is 0 Å². The van der Waals surface area contributed by atoms with E-state index in [1.54, 1.807) is 17.5 Å². The van der Waals surface area contributed by atoms with Crippen molar-refractivity contribution in [2.45, 2.75) is 44.9 Å². The third kappa shape index (κ3) is 3.52. The number of aromatic nitrogens is 2. The van der Waals surface area contributed by atoms with Gasteiger partial charge in [-0.2, -0.15) is 0 Å². The Kier molecular flexibility index (Phi) is 5.09. The minimum Gasteiger partial charge on any atom is -0.297 e. The van der Waals surface area contributed by atoms with Crippen LogP contribution in [-0.4, -0.2) is 15.4 Å². The number of hydrogen-bond donors (Lipinski definition) is 1. The van der Waals surface area contributed by atoms with E-state index in [1.165, 1.54) is 27.9 Å². The molecule has 2 aliphatic carbocycles. The molecule has 0 saturated heterocycles. The molecule has 0 spiro atoms. The van der Waals surface area contributed by atoms with Crippen LogP contribution in [0.2, 0.25) is 0 Å². The Hall–Kier alpha value is -2.99. The van der Waals surface area contributed by atoms with Gasteiger partial charge in [0.25, 0.3) is 5.56 Å². The van der Waals surface area contributed by atoms with E-state index in [1.807, 2.05) is 36.4 Å². The van der Waals surface area contributed by atoms with Crippen molar-refractivity contribution >= 4 is 33.4 Å². The van der Waals surface area contributed by atoms with E-state index in [-0.39, 0.29) is 11.3 Å². The number of carbonyl (C=O) groups excluding carboxylic acids is 1. The number of aryl methyl sites for hydroxylation is 2. The fourth-order valence-corrected chi connectivity index (χ4v) is 5.53. The smallest absolute Gasteiger partial charge is 0.281 e. The lowest BCUT2D eigenvalue weighted by atomic mass is 9.88. The zero-order valence-corrected chi connectivity index (χ0v) is 17.5. The summed E-state index contributed by atoms with van der Waals surface area (Å²) >= 11 is 1.64. The Bertz CT molecular complexity index is 1230. The van der Waals surface area contributed by atoms with Crippen LogP contribution in [0.1, 0.15) is 48.1 Å². The molecule has 5 rings (SSSR count). The second-order valence-corrected chi connectivity index (χ2v) is 8.96. The van der Waals surface area contributed by atoms with Crippen molar-refractivity contribution in [1.29, 1.82) is 0 Å². The van der Waals surface area contributed by atoms with E-state index < -0.39 is 0 Å². The molecule has 1 N–H and O–H groups in total. The first-order valence-corrected chi connectivity index (χ1v) is 11.3. The zero-order valence-electron chi connectivity index (χ0n) is 16.7. The molecule has 0 aliphatic heterocycles. The number of carbonyl (C=O) groups is 1. The molecule has 3 aromatic rings. The number of thiophene rings is 1. The van der Waals surface area contributed by atoms with Gasteiger partial charge < -0.3 is 0 Å². The second-order valence-electron chi connectivity index (χ2n) is 7.87. The van der Waals surface area contributed by atoms with Crippen LogP contribution in [0.15, 0.2) is 58.8 Å². The second kappa shape index (κ2) is 8.03. The largest absolute Gasteiger partial charge is 0.297 e. The molecule has 2 heterocycles. The number of hydrogen-bond acceptors (Lipinski definition) is 5. The van der Waals surface area contributed by atoms with E-state index in [0.29, 0.717) is 12.0 Å². The molecular formula is C24H23N3O2S. The Morgan fingerprint density at radius 1 is 0.967 bits per heavy atom. The summed E-state index contributed by atoms with van der Waals surface area (Å²) in [6.45, 7) is 0. The SMILES string of the molecule is O=C1/C(=C/Nn2cnc3sc4c(c3c2=O)CCCC4)CCC/C1=C\c1ccccc1. The van der Waals surface area contributed by atoms with Crippen LogP contribution in [-0.2, 0) is 17.6 Å². The number of nitrogens with zero attached hydrogens (tertiary/aromatic N) is 2. The maximum Gasteiger partial charge on any atom is 0.281 e. The maximum absolute atomic E-state index is 13.1. The standard InChI is InChI=1S/C24H23N3O2S/c28-22-17(13-16-7-2-1-3-8-16)9-6-10-18(22)14-26-27-15-25-23-21(24(27)29)19-11-4-5-12-20(19)30-23/h1-3,7-8,13-15,26H,4-6,9-12H2/b17-13+,18-14+. The summed E-state index contributed by atoms with van der Waals surface area (Å²) in [6, 6.07) is 9.90. The summed E-state index contributed by atoms with van der Waals surface area (Å²) in [5, 5.41) is 0.739. The lowest BCUT2D eigenvalue weighted by Gasteiger charge is -2.17. The topological polar surface area (TPSA) is 64.0 Å². The molecule has 0 radical (unpaired) electrons. The average molecular weight is 418 g/mol. The molecule has 1 fully saturated rings. The van der Waals surface area contributed by atoms with Gasteiger partial charge in [0.1, 0.15) is 11.2 Å². The minimum atomic E-state index is -0.0837. The highest BCUT2D eigenvalue weighted by molar-refractivity contribution is 7.18. The van der Waals surface area contributed by atoms with Gasteiger partial charge in [0.2, 0.25) is 0 Å². The van der Waals surface area contributed by atoms with Gasteiger partial charge in [-0.05, 0) is 62.1 Å². The predicted molar refractivity (Wildman–Crippen MR) is 121 cm³/mol. The lowest BCUT2D eigenvalue weighted by molar-refractivity contribution is -0.112. The van der Waals surface area contributed by atoms with Crippen molar-refractivity contribution in [3.05, 3.63) is 80.4 Å². The van der Waals surface area contributed by atoms with E-state index in [2.05, 4.69) is 10.4 Å². The third-order valence-corrected chi connectivity index (χ3v) is 7.07. The van der Waals surface area contributed by atoms with Gasteiger partial charge in [0.05, 0.1) is 5.39 Å². The molecule has 30 heavy (non-hydrogen) atoms. The van der Waals surface area contributed by atoms with Gasteiger partial charge in [-0.3, -0.25) is 15.0 Å². The predicted octanol–water partition coefficient (Wildman–Crippen LogP) is 4.60. The molecule has 2 aromatic heterocycles. The van der Waals surface area contributed by atoms with Gasteiger partial charge in [0.15, 0.2) is 5.78 Å². The van der Waals surface area contributed by atoms with Crippen molar-refractivity contribution in [3.63, 3.8) is 0 Å². The number of benzene rings is 1. The van der Waals surface area contributed by atoms with Crippen LogP contribution in [0, 0.1) is 0 Å². The molecule has 0 amide bonds. The number of allylic oxidation sites excluding steroid dienone is 2. The zero-order chi connectivity index (χ0) is 20.5. The van der Waals surface area contributed by atoms with Crippen molar-refractivity contribution in [3.8, 4) is 0 Å². The van der Waals surface area contributed by atoms with Crippen molar-refractivity contribution < 1.29 is 4.79 Å². The summed E-state index contributed by atoms with van der Waals surface area (Å²) in [7, 11) is 0. The minimum absolute atomic E-state index is 0.0487. The molecule has 1 aromatic carbocycles. The molecule has 5 nitrogen and oxygen atoms in total. The third-order valence-electron chi connectivity index (χ3n) is 5.87. The number of nitrogens with one attached hydrogen (secondary N) is 1. The maximum atomic E-state index is 13.1. The van der Waals surface area contributed by atoms with E-state index in [4.69, 9.17) is 0 Å². The fraction of sp³-hybridized carbons (Fsp3) is 0.292. The highest BCUT2D eigenvalue weighted by Gasteiger charge is 2.22. The van der Waals surface area contributed by atoms with Crippen LogP contribution in [0.25, 0.3) is 16.3 Å². The van der Waals surface area contributed by atoms with Crippen LogP contribution < -0.4 is 11.0 Å². The van der Waals surface area contributed by atoms with E-state index >= 15 is 0 Å². The first-order valence-electron chi connectivity index (χ1n) is 10.5. The molecular weight excluding hydrogens is 394 g/mol. The highest BCUT2D eigenvalue weighted by Crippen LogP contribution is 2.33. The lowest BCUT2D eigenvalue weighted by Crippen LogP contribution is -2.27. The molecule has 2 aliphatic rings. The van der Waals surface area contributed by atoms with Crippen LogP contribution in [0.5, 0.6) is 0 Å². The fourth-order valence-electron chi connectivity index (χ4n) is 4.31. The van der Waals surface area contributed by atoms with Gasteiger partial charge in [-0.15, -0.1) is 11.3 Å². The quantitative estimate of drug-likeness (QED) is 0.633. The first-order chi connectivity index (χ1) is 14.7. The number of fused-ring (bicyclic) bond motifs is 3. The average Bonchev–Trinajstić information content (AvgIpc) is 3.16. The molecule has 0 bridgehead atoms. The Balaban J connectivity index is 1.42. The van der Waals surface area contributed by atoms with Gasteiger partial charge in [-0.25, -0.2) is 9.66 Å². The Morgan fingerprint density at radius 3 is 2.63 bits per heavy atom. The number of ketones is 1. The van der Waals surface area contributed by atoms with Crippen LogP contribution in [0.4, 0.5) is 0 Å². The Labute approximate surface area is 178 Å². The highest BCUT2D eigenvalue weighted by atomic mass is 32.1. The summed E-state index contributed by atoms with van der Waals surface area (Å²) in [4.78, 5) is 32.6. The van der Waals surface area contributed by atoms with Gasteiger partial charge in [-0.1, -0.05) is 30.3 Å². The summed E-state index contributed by atoms with van der Waals surface area (Å²) in [5.74, 6) is 0.0487. The van der Waals surface area contributed by atoms with Crippen LogP contribution >= 0.6 is 11.3 Å². The molecule has 6 heteroatoms. The number of Topliss-reactive ketones (excluding diaryl/α,β-unsaturated/α-hetero) is 1. The Morgan fingerprint density at radius 2 is 1.77 bits per heavy atom. The van der Waals surface area contributed by atoms with E-state index in [9.17, 15) is 9.59 Å².